The summed E-state index contributed by atoms with van der Waals surface area (Å²) in [7, 11) is 0. The second-order valence-electron chi connectivity index (χ2n) is 4.39. The van der Waals surface area contributed by atoms with Crippen molar-refractivity contribution >= 4 is 5.78 Å². The van der Waals surface area contributed by atoms with E-state index in [0.717, 1.165) is 18.2 Å². The summed E-state index contributed by atoms with van der Waals surface area (Å²) < 4.78 is 53.4. The molecule has 0 amide bonds. The van der Waals surface area contributed by atoms with Crippen LogP contribution in [0.3, 0.4) is 0 Å². The first-order valence-electron chi connectivity index (χ1n) is 5.82. The quantitative estimate of drug-likeness (QED) is 0.615. The van der Waals surface area contributed by atoms with Crippen LogP contribution in [0.2, 0.25) is 0 Å². The van der Waals surface area contributed by atoms with Crippen molar-refractivity contribution < 1.29 is 22.4 Å². The monoisotopic (exact) mass is 282 g/mol. The highest BCUT2D eigenvalue weighted by molar-refractivity contribution is 5.97. The van der Waals surface area contributed by atoms with E-state index in [2.05, 4.69) is 0 Å². The maximum Gasteiger partial charge on any atom is 0.170 e. The largest absolute Gasteiger partial charge is 0.294 e. The van der Waals surface area contributed by atoms with Gasteiger partial charge in [0, 0.05) is 6.42 Å². The van der Waals surface area contributed by atoms with E-state index in [9.17, 15) is 22.4 Å². The minimum absolute atomic E-state index is 0.0657. The number of hydrogen-bond donors (Lipinski definition) is 0. The maximum atomic E-state index is 13.6. The van der Waals surface area contributed by atoms with Gasteiger partial charge in [0.25, 0.3) is 0 Å². The molecular formula is C15H10F4O. The Morgan fingerprint density at radius 3 is 2.40 bits per heavy atom. The van der Waals surface area contributed by atoms with Crippen LogP contribution in [0.5, 0.6) is 0 Å². The first-order chi connectivity index (χ1) is 9.40. The number of benzene rings is 2. The number of Topliss-reactive ketones (excluding diaryl/α,β-unsaturated/α-hetero) is 1. The van der Waals surface area contributed by atoms with E-state index in [0.29, 0.717) is 0 Å². The van der Waals surface area contributed by atoms with E-state index in [1.165, 1.54) is 19.1 Å². The molecule has 0 fully saturated rings. The molecule has 2 aromatic carbocycles. The first kappa shape index (κ1) is 14.2. The number of carbonyl (C=O) groups excluding carboxylic acids is 1. The van der Waals surface area contributed by atoms with Crippen molar-refractivity contribution in [1.82, 2.24) is 0 Å². The molecule has 0 unspecified atom stereocenters. The molecule has 0 spiro atoms. The average Bonchev–Trinajstić information content (AvgIpc) is 2.39. The minimum atomic E-state index is -1.16. The van der Waals surface area contributed by atoms with Gasteiger partial charge in [-0.05, 0) is 36.2 Å². The molecule has 20 heavy (non-hydrogen) atoms. The third kappa shape index (κ3) is 2.71. The van der Waals surface area contributed by atoms with Gasteiger partial charge in [-0.15, -0.1) is 0 Å². The van der Waals surface area contributed by atoms with Gasteiger partial charge in [-0.2, -0.15) is 0 Å². The molecule has 104 valence electrons. The van der Waals surface area contributed by atoms with Gasteiger partial charge in [0.2, 0.25) is 0 Å². The molecular weight excluding hydrogens is 272 g/mol. The van der Waals surface area contributed by atoms with Crippen LogP contribution in [0.25, 0.3) is 0 Å². The molecule has 2 rings (SSSR count). The predicted molar refractivity (Wildman–Crippen MR) is 65.5 cm³/mol. The van der Waals surface area contributed by atoms with Crippen LogP contribution in [-0.2, 0) is 6.42 Å². The molecule has 0 saturated carbocycles. The Morgan fingerprint density at radius 1 is 1.00 bits per heavy atom. The fourth-order valence-electron chi connectivity index (χ4n) is 1.81. The highest BCUT2D eigenvalue weighted by Gasteiger charge is 2.17. The number of ketones is 1. The third-order valence-electron chi connectivity index (χ3n) is 2.93. The Kier molecular flexibility index (Phi) is 3.88. The molecule has 5 heteroatoms. The summed E-state index contributed by atoms with van der Waals surface area (Å²) in [5, 5.41) is 0. The van der Waals surface area contributed by atoms with Crippen LogP contribution in [0, 0.1) is 30.2 Å². The Balaban J connectivity index is 2.33. The van der Waals surface area contributed by atoms with Crippen LogP contribution < -0.4 is 0 Å². The van der Waals surface area contributed by atoms with E-state index in [1.54, 1.807) is 0 Å². The maximum absolute atomic E-state index is 13.6. The summed E-state index contributed by atoms with van der Waals surface area (Å²) in [4.78, 5) is 11.9. The van der Waals surface area contributed by atoms with Crippen molar-refractivity contribution in [3.05, 3.63) is 70.3 Å². The zero-order chi connectivity index (χ0) is 14.9. The zero-order valence-corrected chi connectivity index (χ0v) is 10.5. The number of rotatable bonds is 3. The lowest BCUT2D eigenvalue weighted by Gasteiger charge is -2.06. The van der Waals surface area contributed by atoms with Crippen LogP contribution in [0.4, 0.5) is 17.6 Å². The molecule has 2 aromatic rings. The molecule has 1 nitrogen and oxygen atoms in total. The second kappa shape index (κ2) is 5.45. The normalized spacial score (nSPS) is 10.7. The molecule has 0 aliphatic rings. The van der Waals surface area contributed by atoms with Crippen LogP contribution in [0.1, 0.15) is 21.5 Å². The van der Waals surface area contributed by atoms with Gasteiger partial charge < -0.3 is 0 Å². The molecule has 0 radical (unpaired) electrons. The molecule has 0 aliphatic carbocycles. The van der Waals surface area contributed by atoms with E-state index < -0.39 is 41.0 Å². The fourth-order valence-corrected chi connectivity index (χ4v) is 1.81. The Hall–Kier alpha value is -2.17. The van der Waals surface area contributed by atoms with E-state index >= 15 is 0 Å². The lowest BCUT2D eigenvalue weighted by Crippen LogP contribution is -2.09. The number of carbonyl (C=O) groups is 1. The van der Waals surface area contributed by atoms with E-state index in [4.69, 9.17) is 0 Å². The van der Waals surface area contributed by atoms with Gasteiger partial charge >= 0.3 is 0 Å². The molecule has 0 aliphatic heterocycles. The predicted octanol–water partition coefficient (Wildman–Crippen LogP) is 3.98. The summed E-state index contributed by atoms with van der Waals surface area (Å²) >= 11 is 0. The van der Waals surface area contributed by atoms with Gasteiger partial charge in [-0.25, -0.2) is 17.6 Å². The van der Waals surface area contributed by atoms with Gasteiger partial charge in [-0.3, -0.25) is 4.79 Å². The Bertz CT molecular complexity index is 680. The van der Waals surface area contributed by atoms with Gasteiger partial charge in [-0.1, -0.05) is 12.1 Å². The van der Waals surface area contributed by atoms with Crippen molar-refractivity contribution in [2.24, 2.45) is 0 Å². The zero-order valence-electron chi connectivity index (χ0n) is 10.5. The summed E-state index contributed by atoms with van der Waals surface area (Å²) in [5.74, 6) is -4.68. The van der Waals surface area contributed by atoms with Gasteiger partial charge in [0.1, 0.15) is 11.6 Å². The van der Waals surface area contributed by atoms with Crippen molar-refractivity contribution in [1.29, 1.82) is 0 Å². The van der Waals surface area contributed by atoms with Gasteiger partial charge in [0.15, 0.2) is 17.4 Å². The second-order valence-corrected chi connectivity index (χ2v) is 4.39. The SMILES string of the molecule is Cc1cc(F)c(C(=O)Cc2cccc(F)c2F)cc1F. The minimum Gasteiger partial charge on any atom is -0.294 e. The van der Waals surface area contributed by atoms with Crippen molar-refractivity contribution in [3.8, 4) is 0 Å². The molecule has 0 heterocycles. The summed E-state index contributed by atoms with van der Waals surface area (Å²) in [6, 6.07) is 5.04. The topological polar surface area (TPSA) is 17.1 Å². The van der Waals surface area contributed by atoms with Crippen molar-refractivity contribution in [3.63, 3.8) is 0 Å². The van der Waals surface area contributed by atoms with Crippen molar-refractivity contribution in [2.45, 2.75) is 13.3 Å². The smallest absolute Gasteiger partial charge is 0.170 e. The average molecular weight is 282 g/mol. The highest BCUT2D eigenvalue weighted by Crippen LogP contribution is 2.18. The molecule has 0 aromatic heterocycles. The fraction of sp³-hybridized carbons (Fsp3) is 0.133. The lowest BCUT2D eigenvalue weighted by molar-refractivity contribution is 0.0987. The van der Waals surface area contributed by atoms with Crippen molar-refractivity contribution in [2.75, 3.05) is 0 Å². The summed E-state index contributed by atoms with van der Waals surface area (Å²) in [6.07, 6.45) is -0.539. The standard InChI is InChI=1S/C15H10F4O/c1-8-5-13(18)10(7-12(8)17)14(20)6-9-3-2-4-11(16)15(9)19/h2-5,7H,6H2,1H3. The highest BCUT2D eigenvalue weighted by atomic mass is 19.2. The van der Waals surface area contributed by atoms with Crippen LogP contribution in [0.15, 0.2) is 30.3 Å². The number of hydrogen-bond acceptors (Lipinski definition) is 1. The van der Waals surface area contributed by atoms with Crippen LogP contribution >= 0.6 is 0 Å². The molecule has 0 N–H and O–H groups in total. The number of aryl methyl sites for hydroxylation is 1. The Morgan fingerprint density at radius 2 is 1.70 bits per heavy atom. The third-order valence-corrected chi connectivity index (χ3v) is 2.93. The Labute approximate surface area is 112 Å². The van der Waals surface area contributed by atoms with E-state index in [-0.39, 0.29) is 11.1 Å². The van der Waals surface area contributed by atoms with E-state index in [1.807, 2.05) is 0 Å². The molecule has 0 bridgehead atoms. The van der Waals surface area contributed by atoms with Gasteiger partial charge in [0.05, 0.1) is 5.56 Å². The summed E-state index contributed by atoms with van der Waals surface area (Å²) in [5.41, 5.74) is -0.608. The number of halogens is 4. The molecule has 0 saturated heterocycles. The lowest BCUT2D eigenvalue weighted by atomic mass is 10.0. The first-order valence-corrected chi connectivity index (χ1v) is 5.82. The molecule has 0 atom stereocenters. The van der Waals surface area contributed by atoms with Crippen LogP contribution in [-0.4, -0.2) is 5.78 Å². The summed E-state index contributed by atoms with van der Waals surface area (Å²) in [6.45, 7) is 1.36.